The highest BCUT2D eigenvalue weighted by atomic mass is 16.7. The van der Waals surface area contributed by atoms with Gasteiger partial charge in [-0.3, -0.25) is 9.59 Å². The third kappa shape index (κ3) is 32.0. The van der Waals surface area contributed by atoms with Crippen LogP contribution in [0, 0.1) is 0 Å². The molecule has 1 aliphatic rings. The van der Waals surface area contributed by atoms with Crippen molar-refractivity contribution in [2.75, 3.05) is 13.2 Å². The molecule has 8 atom stereocenters. The Balaban J connectivity index is 2.82. The predicted octanol–water partition coefficient (Wildman–Crippen LogP) is 10.9. The van der Waals surface area contributed by atoms with E-state index >= 15 is 0 Å². The lowest BCUT2D eigenvalue weighted by Gasteiger charge is -2.41. The van der Waals surface area contributed by atoms with Crippen LogP contribution in [0.4, 0.5) is 0 Å². The minimum Gasteiger partial charge on any atom is -0.454 e. The highest BCUT2D eigenvalue weighted by Gasteiger charge is 2.47. The number of aliphatic hydroxyl groups excluding tert-OH is 5. The first-order chi connectivity index (χ1) is 32.2. The van der Waals surface area contributed by atoms with Crippen molar-refractivity contribution in [1.82, 2.24) is 5.32 Å². The SMILES string of the molecule is CC/C=C/C=C/C=C\C=C/C=C/CCCC(=O)OC1C(OCC(NC(=O)C(O)CCCCCCCCCCCCCCC)C(O)/C=C/CCCCCCCCCCC)OC(CO)C(O)C1O. The van der Waals surface area contributed by atoms with Crippen LogP contribution in [0.3, 0.4) is 0 Å². The average molecular weight is 930 g/mol. The first-order valence-corrected chi connectivity index (χ1v) is 26.3. The number of esters is 1. The number of rotatable bonds is 42. The van der Waals surface area contributed by atoms with Crippen molar-refractivity contribution >= 4 is 11.9 Å². The maximum absolute atomic E-state index is 13.3. The van der Waals surface area contributed by atoms with E-state index in [1.54, 1.807) is 6.08 Å². The third-order valence-electron chi connectivity index (χ3n) is 12.0. The Labute approximate surface area is 400 Å². The number of nitrogens with one attached hydrogen (secondary N) is 1. The van der Waals surface area contributed by atoms with Crippen LogP contribution in [-0.4, -0.2) is 99.6 Å². The zero-order chi connectivity index (χ0) is 48.3. The number of allylic oxidation sites excluding steroid dienone is 11. The molecule has 0 aliphatic carbocycles. The molecule has 1 rings (SSSR count). The van der Waals surface area contributed by atoms with Crippen LogP contribution < -0.4 is 5.32 Å². The molecule has 1 aliphatic heterocycles. The van der Waals surface area contributed by atoms with Crippen molar-refractivity contribution in [3.63, 3.8) is 0 Å². The molecule has 0 radical (unpaired) electrons. The minimum absolute atomic E-state index is 0.0256. The highest BCUT2D eigenvalue weighted by molar-refractivity contribution is 5.80. The molecule has 66 heavy (non-hydrogen) atoms. The zero-order valence-electron chi connectivity index (χ0n) is 41.5. The van der Waals surface area contributed by atoms with Gasteiger partial charge in [-0.15, -0.1) is 0 Å². The van der Waals surface area contributed by atoms with Gasteiger partial charge < -0.3 is 45.1 Å². The van der Waals surface area contributed by atoms with Crippen molar-refractivity contribution in [3.05, 3.63) is 72.9 Å². The van der Waals surface area contributed by atoms with Crippen LogP contribution in [0.1, 0.15) is 201 Å². The van der Waals surface area contributed by atoms with E-state index in [0.717, 1.165) is 51.4 Å². The van der Waals surface area contributed by atoms with E-state index in [1.165, 1.54) is 96.3 Å². The quantitative estimate of drug-likeness (QED) is 0.0150. The molecule has 1 amide bonds. The monoisotopic (exact) mass is 930 g/mol. The Morgan fingerprint density at radius 3 is 1.62 bits per heavy atom. The Morgan fingerprint density at radius 2 is 1.09 bits per heavy atom. The van der Waals surface area contributed by atoms with Crippen molar-refractivity contribution in [1.29, 1.82) is 0 Å². The first kappa shape index (κ1) is 61.1. The molecule has 11 nitrogen and oxygen atoms in total. The topological polar surface area (TPSA) is 175 Å². The third-order valence-corrected chi connectivity index (χ3v) is 12.0. The van der Waals surface area contributed by atoms with Gasteiger partial charge in [-0.2, -0.15) is 0 Å². The molecule has 1 heterocycles. The van der Waals surface area contributed by atoms with E-state index in [2.05, 4.69) is 32.2 Å². The maximum atomic E-state index is 13.3. The molecule has 0 bridgehead atoms. The number of aliphatic hydroxyl groups is 5. The van der Waals surface area contributed by atoms with Crippen molar-refractivity contribution in [2.24, 2.45) is 0 Å². The molecule has 11 heteroatoms. The summed E-state index contributed by atoms with van der Waals surface area (Å²) in [5.74, 6) is -1.28. The van der Waals surface area contributed by atoms with Crippen LogP contribution in [0.15, 0.2) is 72.9 Å². The highest BCUT2D eigenvalue weighted by Crippen LogP contribution is 2.26. The number of amides is 1. The van der Waals surface area contributed by atoms with Crippen molar-refractivity contribution in [3.8, 4) is 0 Å². The lowest BCUT2D eigenvalue weighted by molar-refractivity contribution is -0.305. The summed E-state index contributed by atoms with van der Waals surface area (Å²) in [5.41, 5.74) is 0. The summed E-state index contributed by atoms with van der Waals surface area (Å²) in [6.45, 7) is 5.56. The van der Waals surface area contributed by atoms with Crippen LogP contribution >= 0.6 is 0 Å². The molecule has 0 aromatic heterocycles. The molecule has 6 N–H and O–H groups in total. The summed E-state index contributed by atoms with van der Waals surface area (Å²) in [4.78, 5) is 26.3. The Bertz CT molecular complexity index is 1340. The largest absolute Gasteiger partial charge is 0.454 e. The molecule has 1 saturated heterocycles. The van der Waals surface area contributed by atoms with Gasteiger partial charge in [-0.1, -0.05) is 229 Å². The number of carbonyl (C=O) groups is 2. The van der Waals surface area contributed by atoms with Gasteiger partial charge in [-0.25, -0.2) is 0 Å². The van der Waals surface area contributed by atoms with Gasteiger partial charge in [0.2, 0.25) is 5.91 Å². The molecule has 0 spiro atoms. The summed E-state index contributed by atoms with van der Waals surface area (Å²) in [7, 11) is 0. The molecule has 0 aromatic rings. The summed E-state index contributed by atoms with van der Waals surface area (Å²) < 4.78 is 17.4. The maximum Gasteiger partial charge on any atom is 0.306 e. The number of hydrogen-bond donors (Lipinski definition) is 6. The first-order valence-electron chi connectivity index (χ1n) is 26.3. The molecular weight excluding hydrogens is 835 g/mol. The number of ether oxygens (including phenoxy) is 3. The van der Waals surface area contributed by atoms with E-state index in [0.29, 0.717) is 19.3 Å². The van der Waals surface area contributed by atoms with Crippen molar-refractivity contribution in [2.45, 2.75) is 250 Å². The molecule has 0 saturated carbocycles. The Hall–Kier alpha value is -2.90. The summed E-state index contributed by atoms with van der Waals surface area (Å²) in [6.07, 6.45) is 42.5. The van der Waals surface area contributed by atoms with Gasteiger partial charge in [0.25, 0.3) is 0 Å². The second-order valence-corrected chi connectivity index (χ2v) is 18.0. The molecule has 8 unspecified atom stereocenters. The van der Waals surface area contributed by atoms with E-state index < -0.39 is 67.4 Å². The second kappa shape index (κ2) is 43.4. The fourth-order valence-electron chi connectivity index (χ4n) is 7.80. The smallest absolute Gasteiger partial charge is 0.306 e. The Morgan fingerprint density at radius 1 is 0.606 bits per heavy atom. The molecule has 0 aromatic carbocycles. The van der Waals surface area contributed by atoms with Gasteiger partial charge >= 0.3 is 5.97 Å². The fourth-order valence-corrected chi connectivity index (χ4v) is 7.80. The van der Waals surface area contributed by atoms with Gasteiger partial charge in [-0.05, 0) is 38.5 Å². The molecular formula is C55H95NO10. The van der Waals surface area contributed by atoms with E-state index in [-0.39, 0.29) is 19.4 Å². The lowest BCUT2D eigenvalue weighted by Crippen LogP contribution is -2.61. The van der Waals surface area contributed by atoms with E-state index in [1.807, 2.05) is 60.8 Å². The van der Waals surface area contributed by atoms with Crippen molar-refractivity contribution < 1.29 is 49.3 Å². The minimum atomic E-state index is -1.64. The van der Waals surface area contributed by atoms with Gasteiger partial charge in [0.15, 0.2) is 12.4 Å². The van der Waals surface area contributed by atoms with E-state index in [4.69, 9.17) is 14.2 Å². The average Bonchev–Trinajstić information content (AvgIpc) is 3.31. The summed E-state index contributed by atoms with van der Waals surface area (Å²) in [6, 6.07) is -1.04. The standard InChI is InChI=1S/C55H95NO10/c1-4-7-10-13-16-19-22-24-27-30-33-36-39-42-48(59)54(63)56-46(47(58)41-38-35-32-29-26-21-18-15-12-9-6-3)45-64-55-53(52(62)51(61)49(44-57)65-55)66-50(60)43-40-37-34-31-28-25-23-20-17-14-11-8-5-2/h8,11,14,17,20,23,25,28,31,34,38,41,46-49,51-53,55,57-59,61-62H,4-7,9-10,12-13,15-16,18-19,21-22,24,26-27,29-30,32-33,35-37,39-40,42-45H2,1-3H3,(H,56,63)/b11-8+,17-14+,23-20-,28-25-,34-31+,41-38+. The van der Waals surface area contributed by atoms with Crippen LogP contribution in [0.5, 0.6) is 0 Å². The van der Waals surface area contributed by atoms with Crippen LogP contribution in [0.2, 0.25) is 0 Å². The van der Waals surface area contributed by atoms with Gasteiger partial charge in [0.1, 0.15) is 24.4 Å². The van der Waals surface area contributed by atoms with Crippen LogP contribution in [0.25, 0.3) is 0 Å². The summed E-state index contributed by atoms with van der Waals surface area (Å²) >= 11 is 0. The lowest BCUT2D eigenvalue weighted by atomic mass is 9.99. The number of hydrogen-bond acceptors (Lipinski definition) is 10. The fraction of sp³-hybridized carbons (Fsp3) is 0.745. The Kier molecular flexibility index (Phi) is 40.2. The second-order valence-electron chi connectivity index (χ2n) is 18.0. The molecule has 1 fully saturated rings. The molecule has 380 valence electrons. The number of unbranched alkanes of at least 4 members (excludes halogenated alkanes) is 22. The summed E-state index contributed by atoms with van der Waals surface area (Å²) in [5, 5.41) is 56.5. The van der Waals surface area contributed by atoms with Crippen LogP contribution in [-0.2, 0) is 23.8 Å². The van der Waals surface area contributed by atoms with E-state index in [9.17, 15) is 35.1 Å². The van der Waals surface area contributed by atoms with Gasteiger partial charge in [0, 0.05) is 6.42 Å². The number of carbonyl (C=O) groups excluding carboxylic acids is 2. The predicted molar refractivity (Wildman–Crippen MR) is 269 cm³/mol. The van der Waals surface area contributed by atoms with Gasteiger partial charge in [0.05, 0.1) is 25.4 Å². The normalized spacial score (nSPS) is 20.8. The zero-order valence-corrected chi connectivity index (χ0v) is 41.5.